The van der Waals surface area contributed by atoms with Crippen LogP contribution in [-0.2, 0) is 6.54 Å². The molecule has 0 heterocycles. The number of hydrogen-bond donors (Lipinski definition) is 1. The Hall–Kier alpha value is -2.06. The fourth-order valence-electron chi connectivity index (χ4n) is 1.17. The van der Waals surface area contributed by atoms with Crippen LogP contribution in [0.15, 0.2) is 18.2 Å². The first-order chi connectivity index (χ1) is 7.69. The van der Waals surface area contributed by atoms with E-state index in [1.165, 1.54) is 6.07 Å². The molecule has 1 aromatic carbocycles. The maximum Gasteiger partial charge on any atom is 0.310 e. The van der Waals surface area contributed by atoms with Crippen molar-refractivity contribution in [3.05, 3.63) is 33.9 Å². The molecule has 0 aliphatic heterocycles. The summed E-state index contributed by atoms with van der Waals surface area (Å²) in [5, 5.41) is 10.7. The summed E-state index contributed by atoms with van der Waals surface area (Å²) in [6.45, 7) is 0.564. The van der Waals surface area contributed by atoms with Crippen molar-refractivity contribution in [1.29, 1.82) is 0 Å². The van der Waals surface area contributed by atoms with Gasteiger partial charge in [-0.1, -0.05) is 6.07 Å². The highest BCUT2D eigenvalue weighted by atomic mass is 16.6. The molecule has 0 spiro atoms. The molecule has 0 radical (unpaired) electrons. The number of hydrogen-bond acceptors (Lipinski definition) is 4. The van der Waals surface area contributed by atoms with Crippen molar-refractivity contribution in [3.63, 3.8) is 0 Å². The number of nitrogens with zero attached hydrogens (tertiary/aromatic N) is 1. The zero-order valence-corrected chi connectivity index (χ0v) is 8.68. The zero-order valence-electron chi connectivity index (χ0n) is 8.68. The van der Waals surface area contributed by atoms with Gasteiger partial charge in [-0.15, -0.1) is 12.3 Å². The van der Waals surface area contributed by atoms with Gasteiger partial charge >= 0.3 is 5.69 Å². The van der Waals surface area contributed by atoms with Crippen LogP contribution >= 0.6 is 0 Å². The van der Waals surface area contributed by atoms with Crippen molar-refractivity contribution in [1.82, 2.24) is 0 Å². The molecule has 5 heteroatoms. The smallest absolute Gasteiger partial charge is 0.310 e. The van der Waals surface area contributed by atoms with Crippen LogP contribution in [0.4, 0.5) is 5.69 Å². The number of terminal acetylenes is 1. The van der Waals surface area contributed by atoms with E-state index >= 15 is 0 Å². The molecule has 0 aromatic heterocycles. The summed E-state index contributed by atoms with van der Waals surface area (Å²) in [7, 11) is 0. The Morgan fingerprint density at radius 1 is 1.56 bits per heavy atom. The van der Waals surface area contributed by atoms with E-state index in [0.29, 0.717) is 13.0 Å². The molecule has 0 saturated heterocycles. The van der Waals surface area contributed by atoms with Gasteiger partial charge in [0.25, 0.3) is 0 Å². The number of nitro benzene ring substituents is 1. The molecule has 0 bridgehead atoms. The van der Waals surface area contributed by atoms with Gasteiger partial charge in [-0.2, -0.15) is 0 Å². The Morgan fingerprint density at radius 3 is 2.88 bits per heavy atom. The molecule has 5 nitrogen and oxygen atoms in total. The Labute approximate surface area is 93.4 Å². The van der Waals surface area contributed by atoms with Crippen LogP contribution in [0.2, 0.25) is 0 Å². The third kappa shape index (κ3) is 2.97. The Bertz CT molecular complexity index is 424. The zero-order chi connectivity index (χ0) is 12.0. The summed E-state index contributed by atoms with van der Waals surface area (Å²) >= 11 is 0. The molecule has 0 fully saturated rings. The normalized spacial score (nSPS) is 9.50. The second-order valence-electron chi connectivity index (χ2n) is 3.07. The number of ether oxygens (including phenoxy) is 1. The fraction of sp³-hybridized carbons (Fsp3) is 0.273. The van der Waals surface area contributed by atoms with Gasteiger partial charge in [0, 0.05) is 19.0 Å². The highest BCUT2D eigenvalue weighted by molar-refractivity contribution is 5.48. The minimum Gasteiger partial charge on any atom is -0.486 e. The molecule has 0 aliphatic rings. The van der Waals surface area contributed by atoms with Gasteiger partial charge < -0.3 is 10.5 Å². The van der Waals surface area contributed by atoms with E-state index in [1.54, 1.807) is 12.1 Å². The van der Waals surface area contributed by atoms with Crippen molar-refractivity contribution < 1.29 is 9.66 Å². The minimum absolute atomic E-state index is 0.0748. The first kappa shape index (κ1) is 12.0. The van der Waals surface area contributed by atoms with Crippen LogP contribution in [0, 0.1) is 22.5 Å². The second kappa shape index (κ2) is 5.73. The lowest BCUT2D eigenvalue weighted by Gasteiger charge is -2.06. The third-order valence-electron chi connectivity index (χ3n) is 1.96. The first-order valence-electron chi connectivity index (χ1n) is 4.72. The van der Waals surface area contributed by atoms with Crippen molar-refractivity contribution in [2.45, 2.75) is 13.0 Å². The van der Waals surface area contributed by atoms with Gasteiger partial charge in [0.2, 0.25) is 0 Å². The van der Waals surface area contributed by atoms with E-state index in [1.807, 2.05) is 0 Å². The summed E-state index contributed by atoms with van der Waals surface area (Å²) < 4.78 is 5.24. The molecule has 1 rings (SSSR count). The standard InChI is InChI=1S/C11H12N2O3/c1-2-3-6-16-11-7-9(8-12)4-5-10(11)13(14)15/h1,4-5,7H,3,6,8,12H2. The maximum atomic E-state index is 10.7. The Balaban J connectivity index is 2.92. The summed E-state index contributed by atoms with van der Waals surface area (Å²) in [4.78, 5) is 10.2. The molecule has 1 aromatic rings. The lowest BCUT2D eigenvalue weighted by atomic mass is 10.2. The summed E-state index contributed by atoms with van der Waals surface area (Å²) in [6.07, 6.45) is 5.47. The van der Waals surface area contributed by atoms with Gasteiger partial charge in [0.05, 0.1) is 11.5 Å². The van der Waals surface area contributed by atoms with E-state index < -0.39 is 4.92 Å². The average molecular weight is 220 g/mol. The highest BCUT2D eigenvalue weighted by Gasteiger charge is 2.14. The number of nitro groups is 1. The van der Waals surface area contributed by atoms with Gasteiger partial charge in [0.1, 0.15) is 0 Å². The van der Waals surface area contributed by atoms with Crippen LogP contribution in [0.3, 0.4) is 0 Å². The lowest BCUT2D eigenvalue weighted by Crippen LogP contribution is -2.02. The monoisotopic (exact) mass is 220 g/mol. The maximum absolute atomic E-state index is 10.7. The van der Waals surface area contributed by atoms with E-state index in [4.69, 9.17) is 16.9 Å². The van der Waals surface area contributed by atoms with Crippen molar-refractivity contribution >= 4 is 5.69 Å². The molecule has 0 saturated carbocycles. The fourth-order valence-corrected chi connectivity index (χ4v) is 1.17. The predicted molar refractivity (Wildman–Crippen MR) is 59.9 cm³/mol. The van der Waals surface area contributed by atoms with E-state index in [9.17, 15) is 10.1 Å². The van der Waals surface area contributed by atoms with Crippen LogP contribution in [0.5, 0.6) is 5.75 Å². The first-order valence-corrected chi connectivity index (χ1v) is 4.72. The summed E-state index contributed by atoms with van der Waals surface area (Å²) in [6, 6.07) is 4.55. The van der Waals surface area contributed by atoms with E-state index in [2.05, 4.69) is 5.92 Å². The largest absolute Gasteiger partial charge is 0.486 e. The van der Waals surface area contributed by atoms with Gasteiger partial charge in [-0.05, 0) is 11.6 Å². The Morgan fingerprint density at radius 2 is 2.31 bits per heavy atom. The molecule has 0 aliphatic carbocycles. The molecule has 16 heavy (non-hydrogen) atoms. The highest BCUT2D eigenvalue weighted by Crippen LogP contribution is 2.27. The molecule has 2 N–H and O–H groups in total. The lowest BCUT2D eigenvalue weighted by molar-refractivity contribution is -0.385. The topological polar surface area (TPSA) is 78.4 Å². The minimum atomic E-state index is -0.495. The van der Waals surface area contributed by atoms with Crippen molar-refractivity contribution in [3.8, 4) is 18.1 Å². The van der Waals surface area contributed by atoms with E-state index in [-0.39, 0.29) is 18.0 Å². The molecular weight excluding hydrogens is 208 g/mol. The van der Waals surface area contributed by atoms with Crippen molar-refractivity contribution in [2.24, 2.45) is 5.73 Å². The molecule has 0 amide bonds. The number of nitrogens with two attached hydrogens (primary N) is 1. The summed E-state index contributed by atoms with van der Waals surface area (Å²) in [5.41, 5.74) is 6.15. The van der Waals surface area contributed by atoms with Crippen LogP contribution < -0.4 is 10.5 Å². The Kier molecular flexibility index (Phi) is 4.30. The van der Waals surface area contributed by atoms with Crippen LogP contribution in [-0.4, -0.2) is 11.5 Å². The summed E-state index contributed by atoms with van der Waals surface area (Å²) in [5.74, 6) is 2.61. The average Bonchev–Trinajstić information content (AvgIpc) is 2.29. The SMILES string of the molecule is C#CCCOc1cc(CN)ccc1[N+](=O)[O-]. The second-order valence-corrected chi connectivity index (χ2v) is 3.07. The molecular formula is C11H12N2O3. The van der Waals surface area contributed by atoms with Gasteiger partial charge in [0.15, 0.2) is 5.75 Å². The quantitative estimate of drug-likeness (QED) is 0.352. The molecule has 0 atom stereocenters. The van der Waals surface area contributed by atoms with E-state index in [0.717, 1.165) is 5.56 Å². The molecule has 84 valence electrons. The van der Waals surface area contributed by atoms with Gasteiger partial charge in [-0.25, -0.2) is 0 Å². The number of benzene rings is 1. The van der Waals surface area contributed by atoms with Crippen LogP contribution in [0.1, 0.15) is 12.0 Å². The van der Waals surface area contributed by atoms with Gasteiger partial charge in [-0.3, -0.25) is 10.1 Å². The third-order valence-corrected chi connectivity index (χ3v) is 1.96. The van der Waals surface area contributed by atoms with Crippen LogP contribution in [0.25, 0.3) is 0 Å². The molecule has 0 unspecified atom stereocenters. The van der Waals surface area contributed by atoms with Crippen molar-refractivity contribution in [2.75, 3.05) is 6.61 Å². The predicted octanol–water partition coefficient (Wildman–Crippen LogP) is 1.46. The number of rotatable bonds is 5.